The summed E-state index contributed by atoms with van der Waals surface area (Å²) in [5.74, 6) is -1.30. The molecule has 5 rings (SSSR count). The zero-order valence-corrected chi connectivity index (χ0v) is 20.0. The van der Waals surface area contributed by atoms with Crippen LogP contribution in [-0.4, -0.2) is 53.2 Å². The van der Waals surface area contributed by atoms with Crippen molar-refractivity contribution in [2.45, 2.75) is 57.0 Å². The molecule has 0 aromatic heterocycles. The number of amides is 2. The van der Waals surface area contributed by atoms with Crippen LogP contribution in [0.15, 0.2) is 48.5 Å². The quantitative estimate of drug-likeness (QED) is 0.617. The molecule has 0 radical (unpaired) electrons. The maximum atomic E-state index is 13.4. The van der Waals surface area contributed by atoms with Crippen molar-refractivity contribution in [2.24, 2.45) is 11.8 Å². The molecule has 1 saturated heterocycles. The van der Waals surface area contributed by atoms with Crippen molar-refractivity contribution < 1.29 is 24.2 Å². The number of alkyl carbamates (subject to hydrolysis) is 1. The highest BCUT2D eigenvalue weighted by molar-refractivity contribution is 5.87. The van der Waals surface area contributed by atoms with E-state index in [0.29, 0.717) is 31.7 Å². The standard InChI is InChI=1S/C28H32N2O5/c1-17-19(27(32)33)11-6-14-30(17)26(31)25(15-18-12-13-18)29-28(34)35-16-24-22-9-4-2-7-20(22)21-8-3-5-10-23(21)24/h2-5,7-10,17-19,24-25H,6,11-16H2,1H3,(H,29,34)(H,32,33)/t17-,19-,25?/m1/s1. The molecular weight excluding hydrogens is 444 g/mol. The first-order valence-electron chi connectivity index (χ1n) is 12.6. The van der Waals surface area contributed by atoms with E-state index in [1.54, 1.807) is 11.8 Å². The van der Waals surface area contributed by atoms with Crippen LogP contribution in [0.4, 0.5) is 4.79 Å². The summed E-state index contributed by atoms with van der Waals surface area (Å²) in [5.41, 5.74) is 4.58. The Labute approximate surface area is 205 Å². The summed E-state index contributed by atoms with van der Waals surface area (Å²) in [4.78, 5) is 39.6. The van der Waals surface area contributed by atoms with E-state index in [1.807, 2.05) is 24.3 Å². The Morgan fingerprint density at radius 2 is 1.66 bits per heavy atom. The van der Waals surface area contributed by atoms with Crippen LogP contribution < -0.4 is 5.32 Å². The van der Waals surface area contributed by atoms with Crippen molar-refractivity contribution in [2.75, 3.05) is 13.2 Å². The molecule has 7 heteroatoms. The Bertz CT molecular complexity index is 1080. The van der Waals surface area contributed by atoms with E-state index in [2.05, 4.69) is 29.6 Å². The van der Waals surface area contributed by atoms with Crippen LogP contribution in [0.1, 0.15) is 56.1 Å². The summed E-state index contributed by atoms with van der Waals surface area (Å²) in [6.07, 6.45) is 3.25. The Morgan fingerprint density at radius 3 is 2.26 bits per heavy atom. The maximum absolute atomic E-state index is 13.4. The van der Waals surface area contributed by atoms with Gasteiger partial charge in [0, 0.05) is 18.5 Å². The van der Waals surface area contributed by atoms with E-state index < -0.39 is 30.1 Å². The van der Waals surface area contributed by atoms with Gasteiger partial charge in [-0.2, -0.15) is 0 Å². The number of carbonyl (C=O) groups excluding carboxylic acids is 2. The van der Waals surface area contributed by atoms with Crippen molar-refractivity contribution in [3.05, 3.63) is 59.7 Å². The second kappa shape index (κ2) is 9.72. The summed E-state index contributed by atoms with van der Waals surface area (Å²) < 4.78 is 5.68. The molecule has 2 amide bonds. The number of aliphatic carboxylic acids is 1. The monoisotopic (exact) mass is 476 g/mol. The minimum atomic E-state index is -0.877. The molecule has 0 bridgehead atoms. The number of ether oxygens (including phenoxy) is 1. The molecular formula is C28H32N2O5. The number of fused-ring (bicyclic) bond motifs is 3. The first kappa shape index (κ1) is 23.4. The number of hydrogen-bond donors (Lipinski definition) is 2. The van der Waals surface area contributed by atoms with Crippen molar-refractivity contribution in [3.63, 3.8) is 0 Å². The van der Waals surface area contributed by atoms with Gasteiger partial charge in [-0.25, -0.2) is 4.79 Å². The van der Waals surface area contributed by atoms with Crippen LogP contribution in [0.2, 0.25) is 0 Å². The number of carboxylic acids is 1. The number of nitrogens with zero attached hydrogens (tertiary/aromatic N) is 1. The topological polar surface area (TPSA) is 95.9 Å². The molecule has 7 nitrogen and oxygen atoms in total. The molecule has 2 N–H and O–H groups in total. The number of nitrogens with one attached hydrogen (secondary N) is 1. The maximum Gasteiger partial charge on any atom is 0.407 e. The van der Waals surface area contributed by atoms with E-state index in [1.165, 1.54) is 0 Å². The Balaban J connectivity index is 1.26. The number of piperidine rings is 1. The van der Waals surface area contributed by atoms with E-state index in [-0.39, 0.29) is 18.4 Å². The number of carboxylic acid groups (broad SMARTS) is 1. The van der Waals surface area contributed by atoms with Crippen LogP contribution in [0.5, 0.6) is 0 Å². The van der Waals surface area contributed by atoms with Crippen molar-refractivity contribution >= 4 is 18.0 Å². The average Bonchev–Trinajstić information content (AvgIpc) is 3.62. The van der Waals surface area contributed by atoms with E-state index in [4.69, 9.17) is 4.74 Å². The largest absolute Gasteiger partial charge is 0.481 e. The van der Waals surface area contributed by atoms with Gasteiger partial charge in [-0.15, -0.1) is 0 Å². The normalized spacial score (nSPS) is 22.1. The molecule has 3 atom stereocenters. The van der Waals surface area contributed by atoms with Crippen molar-refractivity contribution in [1.82, 2.24) is 10.2 Å². The lowest BCUT2D eigenvalue weighted by molar-refractivity contribution is -0.149. The number of likely N-dealkylation sites (tertiary alicyclic amines) is 1. The van der Waals surface area contributed by atoms with Gasteiger partial charge in [0.05, 0.1) is 5.92 Å². The van der Waals surface area contributed by atoms with Gasteiger partial charge in [0.25, 0.3) is 0 Å². The highest BCUT2D eigenvalue weighted by Crippen LogP contribution is 2.44. The fourth-order valence-corrected chi connectivity index (χ4v) is 5.68. The zero-order valence-electron chi connectivity index (χ0n) is 20.0. The fourth-order valence-electron chi connectivity index (χ4n) is 5.68. The van der Waals surface area contributed by atoms with Crippen LogP contribution in [0.3, 0.4) is 0 Å². The first-order chi connectivity index (χ1) is 16.9. The third-order valence-corrected chi connectivity index (χ3v) is 7.79. The Morgan fingerprint density at radius 1 is 1.03 bits per heavy atom. The molecule has 2 fully saturated rings. The van der Waals surface area contributed by atoms with Crippen LogP contribution in [-0.2, 0) is 14.3 Å². The van der Waals surface area contributed by atoms with Crippen molar-refractivity contribution in [1.29, 1.82) is 0 Å². The third kappa shape index (κ3) is 4.77. The molecule has 1 unspecified atom stereocenters. The number of carbonyl (C=O) groups is 3. The van der Waals surface area contributed by atoms with Crippen LogP contribution in [0, 0.1) is 11.8 Å². The second-order valence-electron chi connectivity index (χ2n) is 10.1. The van der Waals surface area contributed by atoms with Gasteiger partial charge >= 0.3 is 12.1 Å². The number of hydrogen-bond acceptors (Lipinski definition) is 4. The molecule has 0 spiro atoms. The van der Waals surface area contributed by atoms with E-state index in [0.717, 1.165) is 35.1 Å². The Kier molecular flexibility index (Phi) is 6.50. The van der Waals surface area contributed by atoms with Gasteiger partial charge in [0.15, 0.2) is 0 Å². The summed E-state index contributed by atoms with van der Waals surface area (Å²) in [6.45, 7) is 2.49. The van der Waals surface area contributed by atoms with E-state index in [9.17, 15) is 19.5 Å². The molecule has 2 aromatic carbocycles. The van der Waals surface area contributed by atoms with Gasteiger partial charge in [-0.3, -0.25) is 9.59 Å². The second-order valence-corrected chi connectivity index (χ2v) is 10.1. The molecule has 1 heterocycles. The van der Waals surface area contributed by atoms with Crippen LogP contribution in [0.25, 0.3) is 11.1 Å². The summed E-state index contributed by atoms with van der Waals surface area (Å²) >= 11 is 0. The van der Waals surface area contributed by atoms with Gasteiger partial charge in [-0.1, -0.05) is 61.4 Å². The first-order valence-corrected chi connectivity index (χ1v) is 12.6. The lowest BCUT2D eigenvalue weighted by Crippen LogP contribution is -2.56. The zero-order chi connectivity index (χ0) is 24.5. The molecule has 3 aliphatic rings. The predicted octanol–water partition coefficient (Wildman–Crippen LogP) is 4.41. The van der Waals surface area contributed by atoms with Crippen molar-refractivity contribution in [3.8, 4) is 11.1 Å². The van der Waals surface area contributed by atoms with Crippen LogP contribution >= 0.6 is 0 Å². The van der Waals surface area contributed by atoms with E-state index >= 15 is 0 Å². The van der Waals surface area contributed by atoms with Gasteiger partial charge in [0.1, 0.15) is 12.6 Å². The summed E-state index contributed by atoms with van der Waals surface area (Å²) in [5, 5.41) is 12.4. The summed E-state index contributed by atoms with van der Waals surface area (Å²) in [7, 11) is 0. The summed E-state index contributed by atoms with van der Waals surface area (Å²) in [6, 6.07) is 15.2. The van der Waals surface area contributed by atoms with Gasteiger partial charge < -0.3 is 20.1 Å². The minimum absolute atomic E-state index is 0.0517. The molecule has 2 aliphatic carbocycles. The molecule has 35 heavy (non-hydrogen) atoms. The third-order valence-electron chi connectivity index (χ3n) is 7.79. The minimum Gasteiger partial charge on any atom is -0.481 e. The molecule has 184 valence electrons. The SMILES string of the molecule is C[C@@H]1[C@H](C(=O)O)CCCN1C(=O)C(CC1CC1)NC(=O)OCC1c2ccccc2-c2ccccc21. The molecule has 2 aromatic rings. The predicted molar refractivity (Wildman–Crippen MR) is 131 cm³/mol. The lowest BCUT2D eigenvalue weighted by Gasteiger charge is -2.39. The van der Waals surface area contributed by atoms with Gasteiger partial charge in [-0.05, 0) is 54.4 Å². The highest BCUT2D eigenvalue weighted by Gasteiger charge is 2.40. The average molecular weight is 477 g/mol. The highest BCUT2D eigenvalue weighted by atomic mass is 16.5. The smallest absolute Gasteiger partial charge is 0.407 e. The molecule has 1 aliphatic heterocycles. The lowest BCUT2D eigenvalue weighted by atomic mass is 9.89. The fraction of sp³-hybridized carbons (Fsp3) is 0.464. The number of rotatable bonds is 7. The number of benzene rings is 2. The molecule has 1 saturated carbocycles. The Hall–Kier alpha value is -3.35. The van der Waals surface area contributed by atoms with Gasteiger partial charge in [0.2, 0.25) is 5.91 Å².